The Hall–Kier alpha value is -2.51. The fraction of sp³-hybridized carbons (Fsp3) is 0.375. The summed E-state index contributed by atoms with van der Waals surface area (Å²) in [6, 6.07) is 17.0. The standard InChI is InChI=1S/C24H28N4O2/c29-21-2-1-11-28(16-21)15-17-3-4-19-13-22(7-5-18(19)12-17)30-24-8-6-20(14-25-24)23-9-10-26-27-23/h3-8,12-14,21,23,26-27,29H,1-2,9-11,15-16H2/t21-,23?/m0/s1. The summed E-state index contributed by atoms with van der Waals surface area (Å²) in [5.74, 6) is 1.39. The lowest BCUT2D eigenvalue weighted by Crippen LogP contribution is -2.37. The second-order valence-electron chi connectivity index (χ2n) is 8.32. The van der Waals surface area contributed by atoms with Crippen LogP contribution in [0.5, 0.6) is 11.6 Å². The molecule has 3 N–H and O–H groups in total. The van der Waals surface area contributed by atoms with E-state index >= 15 is 0 Å². The summed E-state index contributed by atoms with van der Waals surface area (Å²) < 4.78 is 5.98. The molecule has 0 saturated carbocycles. The highest BCUT2D eigenvalue weighted by Gasteiger charge is 2.18. The van der Waals surface area contributed by atoms with Crippen LogP contribution in [0, 0.1) is 0 Å². The number of pyridine rings is 1. The van der Waals surface area contributed by atoms with Crippen LogP contribution in [0.2, 0.25) is 0 Å². The Morgan fingerprint density at radius 3 is 2.77 bits per heavy atom. The van der Waals surface area contributed by atoms with E-state index < -0.39 is 0 Å². The Labute approximate surface area is 176 Å². The van der Waals surface area contributed by atoms with Crippen molar-refractivity contribution in [2.75, 3.05) is 19.6 Å². The summed E-state index contributed by atoms with van der Waals surface area (Å²) in [6.07, 6.45) is 4.74. The summed E-state index contributed by atoms with van der Waals surface area (Å²) in [5, 5.41) is 12.2. The van der Waals surface area contributed by atoms with Gasteiger partial charge in [0.25, 0.3) is 0 Å². The number of β-amino-alcohol motifs (C(OH)–C–C–N with tert-alkyl or cyclic N) is 1. The maximum atomic E-state index is 9.88. The molecule has 2 saturated heterocycles. The number of aliphatic hydroxyl groups excluding tert-OH is 1. The molecule has 6 heteroatoms. The van der Waals surface area contributed by atoms with E-state index in [-0.39, 0.29) is 6.10 Å². The number of hydrazine groups is 1. The minimum atomic E-state index is -0.187. The van der Waals surface area contributed by atoms with Crippen LogP contribution in [0.25, 0.3) is 10.8 Å². The minimum Gasteiger partial charge on any atom is -0.439 e. The Bertz CT molecular complexity index is 1000. The van der Waals surface area contributed by atoms with Crippen LogP contribution in [-0.2, 0) is 6.54 Å². The normalized spacial score (nSPS) is 22.4. The maximum Gasteiger partial charge on any atom is 0.219 e. The predicted molar refractivity (Wildman–Crippen MR) is 117 cm³/mol. The first-order valence-electron chi connectivity index (χ1n) is 10.8. The highest BCUT2D eigenvalue weighted by molar-refractivity contribution is 5.84. The van der Waals surface area contributed by atoms with Crippen LogP contribution in [-0.4, -0.2) is 40.7 Å². The SMILES string of the molecule is O[C@H]1CCCN(Cc2ccc3cc(Oc4ccc(C5CCNN5)cn4)ccc3c2)C1. The number of ether oxygens (including phenoxy) is 1. The predicted octanol–water partition coefficient (Wildman–Crippen LogP) is 3.52. The number of aromatic nitrogens is 1. The fourth-order valence-electron chi connectivity index (χ4n) is 4.38. The third-order valence-electron chi connectivity index (χ3n) is 5.98. The van der Waals surface area contributed by atoms with Gasteiger partial charge in [-0.25, -0.2) is 4.98 Å². The molecule has 5 rings (SSSR count). The lowest BCUT2D eigenvalue weighted by molar-refractivity contribution is 0.0668. The van der Waals surface area contributed by atoms with E-state index in [0.29, 0.717) is 11.9 Å². The summed E-state index contributed by atoms with van der Waals surface area (Å²) in [6.45, 7) is 3.68. The van der Waals surface area contributed by atoms with Gasteiger partial charge in [-0.05, 0) is 65.9 Å². The van der Waals surface area contributed by atoms with Crippen molar-refractivity contribution in [1.82, 2.24) is 20.7 Å². The van der Waals surface area contributed by atoms with E-state index in [1.54, 1.807) is 0 Å². The zero-order valence-electron chi connectivity index (χ0n) is 17.1. The Kier molecular flexibility index (Phi) is 5.64. The summed E-state index contributed by atoms with van der Waals surface area (Å²) in [4.78, 5) is 6.80. The minimum absolute atomic E-state index is 0.187. The van der Waals surface area contributed by atoms with Crippen LogP contribution < -0.4 is 15.6 Å². The number of aliphatic hydroxyl groups is 1. The number of benzene rings is 2. The van der Waals surface area contributed by atoms with Crippen molar-refractivity contribution >= 4 is 10.8 Å². The van der Waals surface area contributed by atoms with Gasteiger partial charge in [0, 0.05) is 37.9 Å². The van der Waals surface area contributed by atoms with Gasteiger partial charge in [-0.1, -0.05) is 24.3 Å². The number of nitrogens with zero attached hydrogens (tertiary/aromatic N) is 2. The molecule has 156 valence electrons. The lowest BCUT2D eigenvalue weighted by atomic mass is 10.0. The van der Waals surface area contributed by atoms with Crippen molar-refractivity contribution in [2.45, 2.75) is 38.0 Å². The molecule has 2 atom stereocenters. The van der Waals surface area contributed by atoms with Crippen molar-refractivity contribution in [1.29, 1.82) is 0 Å². The quantitative estimate of drug-likeness (QED) is 0.605. The number of rotatable bonds is 5. The average molecular weight is 405 g/mol. The Morgan fingerprint density at radius 1 is 1.07 bits per heavy atom. The first kappa shape index (κ1) is 19.5. The van der Waals surface area contributed by atoms with Gasteiger partial charge in [0.05, 0.1) is 6.10 Å². The first-order chi connectivity index (χ1) is 14.7. The highest BCUT2D eigenvalue weighted by atomic mass is 16.5. The number of nitrogens with one attached hydrogen (secondary N) is 2. The fourth-order valence-corrected chi connectivity index (χ4v) is 4.38. The largest absolute Gasteiger partial charge is 0.439 e. The van der Waals surface area contributed by atoms with E-state index in [4.69, 9.17) is 4.74 Å². The number of piperidine rings is 1. The molecule has 1 aromatic heterocycles. The molecular weight excluding hydrogens is 376 g/mol. The van der Waals surface area contributed by atoms with Crippen molar-refractivity contribution < 1.29 is 9.84 Å². The number of hydrogen-bond acceptors (Lipinski definition) is 6. The second-order valence-corrected chi connectivity index (χ2v) is 8.32. The molecule has 0 aliphatic carbocycles. The van der Waals surface area contributed by atoms with E-state index in [9.17, 15) is 5.11 Å². The molecule has 2 aliphatic rings. The third-order valence-corrected chi connectivity index (χ3v) is 5.98. The molecule has 30 heavy (non-hydrogen) atoms. The summed E-state index contributed by atoms with van der Waals surface area (Å²) >= 11 is 0. The van der Waals surface area contributed by atoms with Crippen molar-refractivity contribution in [3.8, 4) is 11.6 Å². The van der Waals surface area contributed by atoms with Crippen molar-refractivity contribution in [3.63, 3.8) is 0 Å². The molecule has 0 radical (unpaired) electrons. The van der Waals surface area contributed by atoms with Gasteiger partial charge >= 0.3 is 0 Å². The molecule has 0 amide bonds. The van der Waals surface area contributed by atoms with Crippen LogP contribution in [0.3, 0.4) is 0 Å². The molecular formula is C24H28N4O2. The van der Waals surface area contributed by atoms with Crippen molar-refractivity contribution in [2.24, 2.45) is 0 Å². The molecule has 2 fully saturated rings. The molecule has 6 nitrogen and oxygen atoms in total. The highest BCUT2D eigenvalue weighted by Crippen LogP contribution is 2.27. The molecule has 3 aromatic rings. The smallest absolute Gasteiger partial charge is 0.219 e. The zero-order chi connectivity index (χ0) is 20.3. The van der Waals surface area contributed by atoms with Gasteiger partial charge in [-0.15, -0.1) is 0 Å². The van der Waals surface area contributed by atoms with Crippen LogP contribution in [0.1, 0.15) is 36.4 Å². The number of likely N-dealkylation sites (tertiary alicyclic amines) is 1. The lowest BCUT2D eigenvalue weighted by Gasteiger charge is -2.30. The monoisotopic (exact) mass is 404 g/mol. The van der Waals surface area contributed by atoms with Gasteiger partial charge in [0.2, 0.25) is 5.88 Å². The molecule has 0 bridgehead atoms. The molecule has 0 spiro atoms. The van der Waals surface area contributed by atoms with E-state index in [0.717, 1.165) is 56.6 Å². The van der Waals surface area contributed by atoms with Gasteiger partial charge in [0.15, 0.2) is 0 Å². The van der Waals surface area contributed by atoms with Crippen molar-refractivity contribution in [3.05, 3.63) is 65.9 Å². The summed E-state index contributed by atoms with van der Waals surface area (Å²) in [5.41, 5.74) is 8.84. The average Bonchev–Trinajstić information content (AvgIpc) is 3.29. The van der Waals surface area contributed by atoms with E-state index in [2.05, 4.69) is 57.1 Å². The third kappa shape index (κ3) is 4.47. The van der Waals surface area contributed by atoms with E-state index in [1.807, 2.05) is 18.3 Å². The van der Waals surface area contributed by atoms with Crippen LogP contribution in [0.15, 0.2) is 54.7 Å². The topological polar surface area (TPSA) is 69.7 Å². The second kappa shape index (κ2) is 8.70. The Morgan fingerprint density at radius 2 is 1.97 bits per heavy atom. The first-order valence-corrected chi connectivity index (χ1v) is 10.8. The van der Waals surface area contributed by atoms with Crippen LogP contribution >= 0.6 is 0 Å². The van der Waals surface area contributed by atoms with Gasteiger partial charge in [0.1, 0.15) is 5.75 Å². The Balaban J connectivity index is 1.26. The van der Waals surface area contributed by atoms with Gasteiger partial charge in [-0.3, -0.25) is 15.8 Å². The zero-order valence-corrected chi connectivity index (χ0v) is 17.1. The van der Waals surface area contributed by atoms with Crippen LogP contribution in [0.4, 0.5) is 0 Å². The number of fused-ring (bicyclic) bond motifs is 1. The van der Waals surface area contributed by atoms with Gasteiger partial charge < -0.3 is 9.84 Å². The van der Waals surface area contributed by atoms with E-state index in [1.165, 1.54) is 16.5 Å². The molecule has 3 heterocycles. The molecule has 1 unspecified atom stereocenters. The molecule has 2 aliphatic heterocycles. The maximum absolute atomic E-state index is 9.88. The number of hydrogen-bond donors (Lipinski definition) is 3. The van der Waals surface area contributed by atoms with Gasteiger partial charge in [-0.2, -0.15) is 0 Å². The molecule has 2 aromatic carbocycles. The summed E-state index contributed by atoms with van der Waals surface area (Å²) in [7, 11) is 0.